The molecule has 200 valence electrons. The minimum atomic E-state index is -1.21. The summed E-state index contributed by atoms with van der Waals surface area (Å²) in [5.74, 6) is -0.228. The van der Waals surface area contributed by atoms with E-state index < -0.39 is 24.4 Å². The first-order valence-electron chi connectivity index (χ1n) is 13.6. The Hall–Kier alpha value is -1.79. The van der Waals surface area contributed by atoms with Crippen LogP contribution in [0.3, 0.4) is 0 Å². The molecule has 7 atom stereocenters. The van der Waals surface area contributed by atoms with E-state index in [0.29, 0.717) is 45.2 Å². The van der Waals surface area contributed by atoms with Crippen molar-refractivity contribution in [3.05, 3.63) is 0 Å². The summed E-state index contributed by atoms with van der Waals surface area (Å²) >= 11 is 0. The molecule has 4 heterocycles. The molecule has 11 heteroatoms. The van der Waals surface area contributed by atoms with Gasteiger partial charge in [-0.05, 0) is 32.1 Å². The molecule has 6 fully saturated rings. The zero-order valence-electron chi connectivity index (χ0n) is 20.7. The second-order valence-electron chi connectivity index (χ2n) is 11.5. The van der Waals surface area contributed by atoms with Crippen LogP contribution in [0.1, 0.15) is 44.9 Å². The van der Waals surface area contributed by atoms with Gasteiger partial charge in [0.2, 0.25) is 17.7 Å². The molecule has 0 aromatic carbocycles. The van der Waals surface area contributed by atoms with Crippen LogP contribution >= 0.6 is 0 Å². The van der Waals surface area contributed by atoms with Gasteiger partial charge in [-0.2, -0.15) is 0 Å². The number of likely N-dealkylation sites (tertiary alicyclic amines) is 1. The smallest absolute Gasteiger partial charge is 0.240 e. The highest BCUT2D eigenvalue weighted by Crippen LogP contribution is 2.34. The highest BCUT2D eigenvalue weighted by Gasteiger charge is 2.48. The number of fused-ring (bicyclic) bond motifs is 6. The Labute approximate surface area is 211 Å². The van der Waals surface area contributed by atoms with Crippen LogP contribution in [0.4, 0.5) is 0 Å². The third kappa shape index (κ3) is 4.76. The summed E-state index contributed by atoms with van der Waals surface area (Å²) in [6, 6.07) is -0.0685. The number of hydrogen-bond acceptors (Lipinski definition) is 8. The third-order valence-electron chi connectivity index (χ3n) is 8.89. The molecule has 0 aromatic rings. The van der Waals surface area contributed by atoms with Crippen molar-refractivity contribution in [1.82, 2.24) is 20.0 Å². The molecule has 6 aliphatic rings. The van der Waals surface area contributed by atoms with E-state index in [4.69, 9.17) is 9.47 Å². The molecule has 36 heavy (non-hydrogen) atoms. The van der Waals surface area contributed by atoms with E-state index in [9.17, 15) is 24.6 Å². The number of aliphatic hydroxyl groups is 2. The van der Waals surface area contributed by atoms with Crippen molar-refractivity contribution in [3.63, 3.8) is 0 Å². The Balaban J connectivity index is 1.26. The topological polar surface area (TPSA) is 132 Å². The average Bonchev–Trinajstić information content (AvgIpc) is 3.55. The van der Waals surface area contributed by atoms with Crippen molar-refractivity contribution >= 4 is 17.7 Å². The first-order valence-corrected chi connectivity index (χ1v) is 13.6. The molecule has 0 spiro atoms. The SMILES string of the molecule is O=C1C[C@@H]2O[C@H](CN(C(=O)C3CC3)C[C@@H]3CN(CCO3)C(=O)[C@@H]3C[C@@H](CN3C3CCC3)N1)[C@@H](O)[C@H]2O. The molecule has 2 aliphatic carbocycles. The van der Waals surface area contributed by atoms with Crippen LogP contribution in [0.5, 0.6) is 0 Å². The monoisotopic (exact) mass is 506 g/mol. The molecule has 4 aliphatic heterocycles. The zero-order valence-corrected chi connectivity index (χ0v) is 20.7. The predicted molar refractivity (Wildman–Crippen MR) is 126 cm³/mol. The second-order valence-corrected chi connectivity index (χ2v) is 11.5. The number of carbonyl (C=O) groups is 3. The fourth-order valence-corrected chi connectivity index (χ4v) is 6.49. The number of nitrogens with one attached hydrogen (secondary N) is 1. The van der Waals surface area contributed by atoms with Crippen molar-refractivity contribution in [2.45, 2.75) is 93.6 Å². The lowest BCUT2D eigenvalue weighted by Gasteiger charge is -2.41. The number of rotatable bonds is 2. The standard InChI is InChI=1S/C25H38N4O7/c30-21-9-19-22(31)23(32)20(36-19)13-28(24(33)14-4-5-14)12-17-11-27(6-7-35-17)25(34)18-8-15(26-21)10-29(18)16-2-1-3-16/h14-20,22-23,31-32H,1-13H2,(H,26,30)/t15-,17-,18-,19-,20+,22-,23+/m0/s1. The van der Waals surface area contributed by atoms with Crippen molar-refractivity contribution in [1.29, 1.82) is 0 Å². The number of aliphatic hydroxyl groups excluding tert-OH is 2. The molecule has 6 bridgehead atoms. The van der Waals surface area contributed by atoms with Gasteiger partial charge in [0.15, 0.2) is 0 Å². The normalized spacial score (nSPS) is 40.8. The van der Waals surface area contributed by atoms with Gasteiger partial charge in [0.25, 0.3) is 0 Å². The fraction of sp³-hybridized carbons (Fsp3) is 0.880. The van der Waals surface area contributed by atoms with E-state index >= 15 is 0 Å². The maximum atomic E-state index is 13.7. The molecule has 3 N–H and O–H groups in total. The molecule has 0 radical (unpaired) electrons. The second kappa shape index (κ2) is 9.83. The summed E-state index contributed by atoms with van der Waals surface area (Å²) in [6.07, 6.45) is 1.07. The van der Waals surface area contributed by atoms with Crippen molar-refractivity contribution in [3.8, 4) is 0 Å². The van der Waals surface area contributed by atoms with E-state index in [2.05, 4.69) is 10.2 Å². The molecule has 11 nitrogen and oxygen atoms in total. The Morgan fingerprint density at radius 3 is 2.47 bits per heavy atom. The zero-order chi connectivity index (χ0) is 25.0. The number of ether oxygens (including phenoxy) is 2. The Morgan fingerprint density at radius 2 is 1.75 bits per heavy atom. The van der Waals surface area contributed by atoms with E-state index in [-0.39, 0.29) is 54.8 Å². The molecule has 6 rings (SSSR count). The highest BCUT2D eigenvalue weighted by atomic mass is 16.5. The quantitative estimate of drug-likeness (QED) is 0.411. The Kier molecular flexibility index (Phi) is 6.70. The third-order valence-corrected chi connectivity index (χ3v) is 8.89. The number of amides is 3. The summed E-state index contributed by atoms with van der Waals surface area (Å²) in [7, 11) is 0. The average molecular weight is 507 g/mol. The van der Waals surface area contributed by atoms with Crippen LogP contribution in [0, 0.1) is 5.92 Å². The van der Waals surface area contributed by atoms with Crippen LogP contribution in [0.15, 0.2) is 0 Å². The molecule has 0 aromatic heterocycles. The fourth-order valence-electron chi connectivity index (χ4n) is 6.49. The van der Waals surface area contributed by atoms with Crippen molar-refractivity contribution in [2.75, 3.05) is 39.3 Å². The largest absolute Gasteiger partial charge is 0.388 e. The van der Waals surface area contributed by atoms with Crippen LogP contribution in [-0.2, 0) is 23.9 Å². The first kappa shape index (κ1) is 24.5. The van der Waals surface area contributed by atoms with E-state index in [1.165, 1.54) is 0 Å². The number of carbonyl (C=O) groups excluding carboxylic acids is 3. The number of nitrogens with zero attached hydrogens (tertiary/aromatic N) is 3. The molecule has 0 unspecified atom stereocenters. The Bertz CT molecular complexity index is 880. The van der Waals surface area contributed by atoms with Gasteiger partial charge < -0.3 is 34.8 Å². The van der Waals surface area contributed by atoms with Gasteiger partial charge in [0, 0.05) is 50.7 Å². The molecule has 2 saturated carbocycles. The van der Waals surface area contributed by atoms with Gasteiger partial charge in [-0.25, -0.2) is 0 Å². The lowest BCUT2D eigenvalue weighted by atomic mass is 9.91. The number of morpholine rings is 1. The molecular weight excluding hydrogens is 468 g/mol. The van der Waals surface area contributed by atoms with Crippen LogP contribution < -0.4 is 5.32 Å². The number of hydrogen-bond donors (Lipinski definition) is 3. The van der Waals surface area contributed by atoms with Crippen LogP contribution in [0.2, 0.25) is 0 Å². The van der Waals surface area contributed by atoms with E-state index in [0.717, 1.165) is 32.1 Å². The van der Waals surface area contributed by atoms with Gasteiger partial charge in [-0.15, -0.1) is 0 Å². The van der Waals surface area contributed by atoms with E-state index in [1.54, 1.807) is 4.90 Å². The van der Waals surface area contributed by atoms with Crippen LogP contribution in [-0.4, -0.2) is 131 Å². The minimum Gasteiger partial charge on any atom is -0.388 e. The van der Waals surface area contributed by atoms with E-state index in [1.807, 2.05) is 4.90 Å². The maximum Gasteiger partial charge on any atom is 0.240 e. The summed E-state index contributed by atoms with van der Waals surface area (Å²) in [5, 5.41) is 24.4. The van der Waals surface area contributed by atoms with Gasteiger partial charge in [0.1, 0.15) is 18.3 Å². The maximum absolute atomic E-state index is 13.7. The summed E-state index contributed by atoms with van der Waals surface area (Å²) in [6.45, 7) is 2.35. The predicted octanol–water partition coefficient (Wildman–Crippen LogP) is -1.54. The first-order chi connectivity index (χ1) is 17.4. The molecule has 3 amide bonds. The van der Waals surface area contributed by atoms with Crippen LogP contribution in [0.25, 0.3) is 0 Å². The highest BCUT2D eigenvalue weighted by molar-refractivity contribution is 5.83. The lowest BCUT2D eigenvalue weighted by Crippen LogP contribution is -2.57. The molecule has 4 saturated heterocycles. The van der Waals surface area contributed by atoms with Gasteiger partial charge in [-0.3, -0.25) is 19.3 Å². The minimum absolute atomic E-state index is 0.00978. The summed E-state index contributed by atoms with van der Waals surface area (Å²) < 4.78 is 12.0. The van der Waals surface area contributed by atoms with Gasteiger partial charge in [-0.1, -0.05) is 6.42 Å². The summed E-state index contributed by atoms with van der Waals surface area (Å²) in [4.78, 5) is 45.6. The van der Waals surface area contributed by atoms with Gasteiger partial charge >= 0.3 is 0 Å². The van der Waals surface area contributed by atoms with Gasteiger partial charge in [0.05, 0.1) is 31.3 Å². The lowest BCUT2D eigenvalue weighted by molar-refractivity contribution is -0.148. The molecular formula is C25H38N4O7. The van der Waals surface area contributed by atoms with Crippen molar-refractivity contribution < 1.29 is 34.1 Å². The van der Waals surface area contributed by atoms with Crippen molar-refractivity contribution in [2.24, 2.45) is 5.92 Å². The summed E-state index contributed by atoms with van der Waals surface area (Å²) in [5.41, 5.74) is 0. The Morgan fingerprint density at radius 1 is 0.972 bits per heavy atom.